The molecule has 0 aliphatic rings. The average molecular weight is 350 g/mol. The van der Waals surface area contributed by atoms with Crippen molar-refractivity contribution in [3.8, 4) is 0 Å². The molecule has 0 atom stereocenters. The van der Waals surface area contributed by atoms with E-state index in [4.69, 9.17) is 4.74 Å². The Balaban J connectivity index is 1.89. The monoisotopic (exact) mass is 350 g/mol. The first kappa shape index (κ1) is 17.4. The molecule has 132 valence electrons. The minimum Gasteiger partial charge on any atom is -0.462 e. The summed E-state index contributed by atoms with van der Waals surface area (Å²) >= 11 is 0. The molecule has 0 saturated carbocycles. The number of benzene rings is 2. The standard InChI is InChI=1S/C20H18N2O4/c1-3-26-20(25)14-9-4-6-10-16(14)21-19(24)18(23)15-12-22(2)17-11-7-5-8-13(15)17/h4-12H,3H2,1-2H3,(H,21,24). The number of ether oxygens (including phenoxy) is 1. The van der Waals surface area contributed by atoms with Crippen molar-refractivity contribution in [3.05, 3.63) is 65.9 Å². The summed E-state index contributed by atoms with van der Waals surface area (Å²) in [4.78, 5) is 37.1. The van der Waals surface area contributed by atoms with Gasteiger partial charge in [-0.25, -0.2) is 4.79 Å². The molecule has 6 heteroatoms. The molecule has 26 heavy (non-hydrogen) atoms. The molecular weight excluding hydrogens is 332 g/mol. The smallest absolute Gasteiger partial charge is 0.340 e. The molecular formula is C20H18N2O4. The molecule has 6 nitrogen and oxygen atoms in total. The van der Waals surface area contributed by atoms with Crippen LogP contribution in [0.5, 0.6) is 0 Å². The van der Waals surface area contributed by atoms with Crippen LogP contribution in [0.15, 0.2) is 54.7 Å². The highest BCUT2D eigenvalue weighted by Gasteiger charge is 2.22. The molecule has 0 bridgehead atoms. The average Bonchev–Trinajstić information content (AvgIpc) is 2.99. The number of Topliss-reactive ketones (excluding diaryl/α,β-unsaturated/α-hetero) is 1. The summed E-state index contributed by atoms with van der Waals surface area (Å²) in [5, 5.41) is 3.23. The van der Waals surface area contributed by atoms with Crippen molar-refractivity contribution < 1.29 is 19.1 Å². The fourth-order valence-electron chi connectivity index (χ4n) is 2.80. The van der Waals surface area contributed by atoms with Gasteiger partial charge in [0.2, 0.25) is 0 Å². The third-order valence-electron chi connectivity index (χ3n) is 4.02. The van der Waals surface area contributed by atoms with Gasteiger partial charge >= 0.3 is 5.97 Å². The second kappa shape index (κ2) is 7.23. The van der Waals surface area contributed by atoms with Crippen molar-refractivity contribution in [2.45, 2.75) is 6.92 Å². The van der Waals surface area contributed by atoms with Gasteiger partial charge in [-0.3, -0.25) is 9.59 Å². The van der Waals surface area contributed by atoms with E-state index in [2.05, 4.69) is 5.32 Å². The lowest BCUT2D eigenvalue weighted by Crippen LogP contribution is -2.24. The van der Waals surface area contributed by atoms with Crippen LogP contribution in [0.4, 0.5) is 5.69 Å². The summed E-state index contributed by atoms with van der Waals surface area (Å²) in [7, 11) is 1.81. The Morgan fingerprint density at radius 3 is 2.46 bits per heavy atom. The number of esters is 1. The fraction of sp³-hybridized carbons (Fsp3) is 0.150. The number of hydrogen-bond acceptors (Lipinski definition) is 4. The number of nitrogens with zero attached hydrogens (tertiary/aromatic N) is 1. The summed E-state index contributed by atoms with van der Waals surface area (Å²) in [6.45, 7) is 1.92. The second-order valence-corrected chi connectivity index (χ2v) is 5.72. The molecule has 0 radical (unpaired) electrons. The molecule has 3 aromatic rings. The lowest BCUT2D eigenvalue weighted by molar-refractivity contribution is -0.112. The zero-order valence-electron chi connectivity index (χ0n) is 14.5. The normalized spacial score (nSPS) is 10.5. The number of ketones is 1. The topological polar surface area (TPSA) is 77.4 Å². The van der Waals surface area contributed by atoms with Crippen molar-refractivity contribution in [1.82, 2.24) is 4.57 Å². The predicted molar refractivity (Wildman–Crippen MR) is 98.3 cm³/mol. The Kier molecular flexibility index (Phi) is 4.84. The van der Waals surface area contributed by atoms with E-state index in [-0.39, 0.29) is 17.9 Å². The summed E-state index contributed by atoms with van der Waals surface area (Å²) in [5.74, 6) is -2.03. The number of fused-ring (bicyclic) bond motifs is 1. The number of amides is 1. The first-order valence-electron chi connectivity index (χ1n) is 8.18. The minimum atomic E-state index is -0.807. The summed E-state index contributed by atoms with van der Waals surface area (Å²) in [6, 6.07) is 13.8. The van der Waals surface area contributed by atoms with Crippen molar-refractivity contribution in [1.29, 1.82) is 0 Å². The van der Waals surface area contributed by atoms with Gasteiger partial charge < -0.3 is 14.6 Å². The molecule has 1 heterocycles. The highest BCUT2D eigenvalue weighted by molar-refractivity contribution is 6.48. The Morgan fingerprint density at radius 1 is 1.00 bits per heavy atom. The van der Waals surface area contributed by atoms with Gasteiger partial charge in [-0.05, 0) is 25.1 Å². The number of para-hydroxylation sites is 2. The van der Waals surface area contributed by atoms with Gasteiger partial charge in [0.15, 0.2) is 0 Å². The Morgan fingerprint density at radius 2 is 1.69 bits per heavy atom. The van der Waals surface area contributed by atoms with Crippen LogP contribution < -0.4 is 5.32 Å². The van der Waals surface area contributed by atoms with Gasteiger partial charge in [0.1, 0.15) is 0 Å². The van der Waals surface area contributed by atoms with Crippen LogP contribution in [-0.4, -0.2) is 28.8 Å². The summed E-state index contributed by atoms with van der Waals surface area (Å²) in [5.41, 5.74) is 1.61. The predicted octanol–water partition coefficient (Wildman–Crippen LogP) is 3.18. The molecule has 1 N–H and O–H groups in total. The summed E-state index contributed by atoms with van der Waals surface area (Å²) < 4.78 is 6.77. The van der Waals surface area contributed by atoms with Crippen LogP contribution in [0, 0.1) is 0 Å². The molecule has 3 rings (SSSR count). The van der Waals surface area contributed by atoms with E-state index < -0.39 is 17.7 Å². The number of nitrogens with one attached hydrogen (secondary N) is 1. The number of aromatic nitrogens is 1. The van der Waals surface area contributed by atoms with Gasteiger partial charge in [0.25, 0.3) is 11.7 Å². The number of rotatable bonds is 5. The van der Waals surface area contributed by atoms with Gasteiger partial charge in [-0.2, -0.15) is 0 Å². The van der Waals surface area contributed by atoms with Crippen LogP contribution in [-0.2, 0) is 16.6 Å². The number of anilines is 1. The van der Waals surface area contributed by atoms with Gasteiger partial charge in [-0.1, -0.05) is 30.3 Å². The molecule has 0 saturated heterocycles. The van der Waals surface area contributed by atoms with E-state index in [0.717, 1.165) is 5.52 Å². The maximum atomic E-state index is 12.6. The first-order chi connectivity index (χ1) is 12.5. The quantitative estimate of drug-likeness (QED) is 0.435. The second-order valence-electron chi connectivity index (χ2n) is 5.72. The molecule has 1 amide bonds. The van der Waals surface area contributed by atoms with Crippen LogP contribution in [0.1, 0.15) is 27.6 Å². The number of aryl methyl sites for hydroxylation is 1. The lowest BCUT2D eigenvalue weighted by Gasteiger charge is -2.09. The van der Waals surface area contributed by atoms with Crippen LogP contribution in [0.2, 0.25) is 0 Å². The third kappa shape index (κ3) is 3.21. The molecule has 1 aromatic heterocycles. The number of hydrogen-bond donors (Lipinski definition) is 1. The molecule has 0 fully saturated rings. The first-order valence-corrected chi connectivity index (χ1v) is 8.18. The van der Waals surface area contributed by atoms with E-state index in [1.807, 2.05) is 25.2 Å². The van der Waals surface area contributed by atoms with E-state index >= 15 is 0 Å². The zero-order chi connectivity index (χ0) is 18.7. The third-order valence-corrected chi connectivity index (χ3v) is 4.02. The van der Waals surface area contributed by atoms with Gasteiger partial charge in [0, 0.05) is 24.1 Å². The van der Waals surface area contributed by atoms with E-state index in [9.17, 15) is 14.4 Å². The van der Waals surface area contributed by atoms with Gasteiger partial charge in [0.05, 0.1) is 23.4 Å². The fourth-order valence-corrected chi connectivity index (χ4v) is 2.80. The number of carbonyl (C=O) groups is 3. The Labute approximate surface area is 150 Å². The van der Waals surface area contributed by atoms with Crippen molar-refractivity contribution in [2.24, 2.45) is 7.05 Å². The maximum Gasteiger partial charge on any atom is 0.340 e. The SMILES string of the molecule is CCOC(=O)c1ccccc1NC(=O)C(=O)c1cn(C)c2ccccc12. The zero-order valence-corrected chi connectivity index (χ0v) is 14.5. The molecule has 0 spiro atoms. The molecule has 0 unspecified atom stereocenters. The van der Waals surface area contributed by atoms with E-state index in [1.165, 1.54) is 6.07 Å². The molecule has 2 aromatic carbocycles. The summed E-state index contributed by atoms with van der Waals surface area (Å²) in [6.07, 6.45) is 1.63. The van der Waals surface area contributed by atoms with Crippen molar-refractivity contribution >= 4 is 34.3 Å². The Hall–Kier alpha value is -3.41. The van der Waals surface area contributed by atoms with Crippen LogP contribution in [0.25, 0.3) is 10.9 Å². The molecule has 0 aliphatic carbocycles. The van der Waals surface area contributed by atoms with Gasteiger partial charge in [-0.15, -0.1) is 0 Å². The lowest BCUT2D eigenvalue weighted by atomic mass is 10.1. The highest BCUT2D eigenvalue weighted by Crippen LogP contribution is 2.22. The maximum absolute atomic E-state index is 12.6. The Bertz CT molecular complexity index is 1000. The molecule has 0 aliphatic heterocycles. The van der Waals surface area contributed by atoms with E-state index in [0.29, 0.717) is 10.9 Å². The van der Waals surface area contributed by atoms with E-state index in [1.54, 1.807) is 42.0 Å². The van der Waals surface area contributed by atoms with Crippen molar-refractivity contribution in [2.75, 3.05) is 11.9 Å². The van der Waals surface area contributed by atoms with Crippen LogP contribution in [0.3, 0.4) is 0 Å². The highest BCUT2D eigenvalue weighted by atomic mass is 16.5. The number of carbonyl (C=O) groups excluding carboxylic acids is 3. The van der Waals surface area contributed by atoms with Crippen molar-refractivity contribution in [3.63, 3.8) is 0 Å². The largest absolute Gasteiger partial charge is 0.462 e. The van der Waals surface area contributed by atoms with Crippen LogP contribution >= 0.6 is 0 Å². The minimum absolute atomic E-state index is 0.202.